The second-order valence-corrected chi connectivity index (χ2v) is 20.6. The summed E-state index contributed by atoms with van der Waals surface area (Å²) in [4.78, 5) is 38.1. The minimum atomic E-state index is -0.782. The Labute approximate surface area is 457 Å². The average molecular weight is 1030 g/mol. The first-order chi connectivity index (χ1) is 36.5. The van der Waals surface area contributed by atoms with Gasteiger partial charge in [-0.3, -0.25) is 14.4 Å². The lowest BCUT2D eigenvalue weighted by Gasteiger charge is -2.18. The van der Waals surface area contributed by atoms with Crippen LogP contribution >= 0.6 is 0 Å². The molecule has 0 aliphatic carbocycles. The van der Waals surface area contributed by atoms with Crippen molar-refractivity contribution < 1.29 is 28.6 Å². The maximum atomic E-state index is 12.9. The van der Waals surface area contributed by atoms with Crippen molar-refractivity contribution in [3.05, 3.63) is 97.2 Å². The molecule has 0 saturated heterocycles. The zero-order valence-corrected chi connectivity index (χ0v) is 48.6. The van der Waals surface area contributed by atoms with Crippen LogP contribution in [0.25, 0.3) is 0 Å². The summed E-state index contributed by atoms with van der Waals surface area (Å²) in [5, 5.41) is 0. The lowest BCUT2D eigenvalue weighted by atomic mass is 10.1. The van der Waals surface area contributed by atoms with E-state index in [1.165, 1.54) is 148 Å². The second kappa shape index (κ2) is 61.9. The maximum Gasteiger partial charge on any atom is 0.306 e. The number of hydrogen-bond donors (Lipinski definition) is 0. The lowest BCUT2D eigenvalue weighted by Crippen LogP contribution is -2.30. The Morgan fingerprint density at radius 2 is 0.527 bits per heavy atom. The van der Waals surface area contributed by atoms with Crippen LogP contribution in [0.2, 0.25) is 0 Å². The van der Waals surface area contributed by atoms with E-state index in [-0.39, 0.29) is 31.1 Å². The minimum Gasteiger partial charge on any atom is -0.462 e. The Morgan fingerprint density at radius 1 is 0.284 bits per heavy atom. The standard InChI is InChI=1S/C68H116O6/c1-4-7-10-13-16-19-21-23-25-27-29-30-31-32-33-34-35-36-37-38-39-41-42-44-46-49-52-55-58-61-67(70)73-64-65(63-72-66(69)60-57-54-51-48-18-15-12-9-6-3)74-68(71)62-59-56-53-50-47-45-43-40-28-26-24-22-20-17-14-11-8-5-2/h7,10,16,19-20,22-23,25-26,28-30,32-33,35-36,65H,4-6,8-9,11-15,17-18,21,24,27,31,34,37-64H2,1-3H3/b10-7-,19-16-,22-20-,25-23-,28-26-,30-29-,33-32-,36-35-. The van der Waals surface area contributed by atoms with E-state index < -0.39 is 6.10 Å². The van der Waals surface area contributed by atoms with Crippen LogP contribution in [0.1, 0.15) is 297 Å². The van der Waals surface area contributed by atoms with Gasteiger partial charge < -0.3 is 14.2 Å². The first-order valence-electron chi connectivity index (χ1n) is 31.2. The van der Waals surface area contributed by atoms with Gasteiger partial charge in [-0.1, -0.05) is 272 Å². The van der Waals surface area contributed by atoms with Crippen molar-refractivity contribution in [2.45, 2.75) is 303 Å². The first kappa shape index (κ1) is 70.3. The molecule has 0 saturated carbocycles. The van der Waals surface area contributed by atoms with Crippen molar-refractivity contribution in [2.24, 2.45) is 0 Å². The van der Waals surface area contributed by atoms with E-state index in [0.29, 0.717) is 19.3 Å². The van der Waals surface area contributed by atoms with Crippen LogP contribution < -0.4 is 0 Å². The topological polar surface area (TPSA) is 78.9 Å². The molecular formula is C68H116O6. The summed E-state index contributed by atoms with van der Waals surface area (Å²) in [5.74, 6) is -0.887. The SMILES string of the molecule is CC/C=C\C/C=C\C/C=C\C/C=C\C/C=C\C/C=C\CCCCCCCCCCCCC(=O)OCC(COC(=O)CCCCCCCCCCC)OC(=O)CCCCCCCCC/C=C\C/C=C\CCCCCC. The molecule has 0 spiro atoms. The van der Waals surface area contributed by atoms with Crippen molar-refractivity contribution >= 4 is 17.9 Å². The zero-order chi connectivity index (χ0) is 53.6. The molecule has 0 heterocycles. The molecule has 0 amide bonds. The summed E-state index contributed by atoms with van der Waals surface area (Å²) >= 11 is 0. The molecule has 1 unspecified atom stereocenters. The minimum absolute atomic E-state index is 0.0796. The van der Waals surface area contributed by atoms with Gasteiger partial charge in [0.2, 0.25) is 0 Å². The van der Waals surface area contributed by atoms with Crippen LogP contribution in [0.4, 0.5) is 0 Å². The molecule has 0 aromatic heterocycles. The Hall–Kier alpha value is -3.67. The van der Waals surface area contributed by atoms with Gasteiger partial charge in [-0.15, -0.1) is 0 Å². The molecule has 1 atom stereocenters. The van der Waals surface area contributed by atoms with Gasteiger partial charge in [0.05, 0.1) is 0 Å². The van der Waals surface area contributed by atoms with Gasteiger partial charge in [0, 0.05) is 19.3 Å². The molecule has 0 N–H and O–H groups in total. The van der Waals surface area contributed by atoms with Crippen LogP contribution in [0, 0.1) is 0 Å². The molecule has 0 aromatic carbocycles. The van der Waals surface area contributed by atoms with Crippen molar-refractivity contribution in [3.63, 3.8) is 0 Å². The highest BCUT2D eigenvalue weighted by Gasteiger charge is 2.19. The van der Waals surface area contributed by atoms with E-state index in [2.05, 4.69) is 118 Å². The Bertz CT molecular complexity index is 1460. The molecule has 0 aliphatic rings. The summed E-state index contributed by atoms with van der Waals surface area (Å²) in [6, 6.07) is 0. The van der Waals surface area contributed by atoms with Crippen molar-refractivity contribution in [3.8, 4) is 0 Å². The van der Waals surface area contributed by atoms with Crippen molar-refractivity contribution in [1.29, 1.82) is 0 Å². The normalized spacial score (nSPS) is 12.7. The lowest BCUT2D eigenvalue weighted by molar-refractivity contribution is -0.167. The first-order valence-corrected chi connectivity index (χ1v) is 31.2. The van der Waals surface area contributed by atoms with Gasteiger partial charge in [0.1, 0.15) is 13.2 Å². The highest BCUT2D eigenvalue weighted by atomic mass is 16.6. The zero-order valence-electron chi connectivity index (χ0n) is 48.6. The van der Waals surface area contributed by atoms with Crippen LogP contribution in [-0.2, 0) is 28.6 Å². The number of carbonyl (C=O) groups excluding carboxylic acids is 3. The summed E-state index contributed by atoms with van der Waals surface area (Å²) in [7, 11) is 0. The number of esters is 3. The number of ether oxygens (including phenoxy) is 3. The van der Waals surface area contributed by atoms with Gasteiger partial charge in [0.15, 0.2) is 6.10 Å². The quantitative estimate of drug-likeness (QED) is 0.0261. The number of unbranched alkanes of at least 4 members (excludes halogenated alkanes) is 29. The van der Waals surface area contributed by atoms with E-state index in [9.17, 15) is 14.4 Å². The fraction of sp³-hybridized carbons (Fsp3) is 0.721. The third-order valence-corrected chi connectivity index (χ3v) is 13.3. The van der Waals surface area contributed by atoms with E-state index in [1.807, 2.05) is 0 Å². The van der Waals surface area contributed by atoms with E-state index in [1.54, 1.807) is 0 Å². The van der Waals surface area contributed by atoms with E-state index in [0.717, 1.165) is 109 Å². The fourth-order valence-electron chi connectivity index (χ4n) is 8.65. The highest BCUT2D eigenvalue weighted by molar-refractivity contribution is 5.71. The highest BCUT2D eigenvalue weighted by Crippen LogP contribution is 2.16. The molecule has 0 bridgehead atoms. The van der Waals surface area contributed by atoms with Crippen LogP contribution in [0.3, 0.4) is 0 Å². The number of allylic oxidation sites excluding steroid dienone is 16. The molecule has 0 fully saturated rings. The number of rotatable bonds is 56. The monoisotopic (exact) mass is 1030 g/mol. The predicted molar refractivity (Wildman–Crippen MR) is 320 cm³/mol. The van der Waals surface area contributed by atoms with Gasteiger partial charge in [0.25, 0.3) is 0 Å². The fourth-order valence-corrected chi connectivity index (χ4v) is 8.65. The van der Waals surface area contributed by atoms with Crippen LogP contribution in [0.5, 0.6) is 0 Å². The average Bonchev–Trinajstić information content (AvgIpc) is 3.40. The molecule has 424 valence electrons. The van der Waals surface area contributed by atoms with E-state index >= 15 is 0 Å². The molecular weight excluding hydrogens is 913 g/mol. The van der Waals surface area contributed by atoms with Gasteiger partial charge in [-0.2, -0.15) is 0 Å². The molecule has 6 heteroatoms. The van der Waals surface area contributed by atoms with Gasteiger partial charge in [-0.05, 0) is 103 Å². The van der Waals surface area contributed by atoms with Crippen LogP contribution in [0.15, 0.2) is 97.2 Å². The smallest absolute Gasteiger partial charge is 0.306 e. The Morgan fingerprint density at radius 3 is 0.838 bits per heavy atom. The largest absolute Gasteiger partial charge is 0.462 e. The number of carbonyl (C=O) groups is 3. The van der Waals surface area contributed by atoms with Crippen molar-refractivity contribution in [1.82, 2.24) is 0 Å². The van der Waals surface area contributed by atoms with Gasteiger partial charge in [-0.25, -0.2) is 0 Å². The Kier molecular flexibility index (Phi) is 58.8. The molecule has 0 aliphatic heterocycles. The predicted octanol–water partition coefficient (Wildman–Crippen LogP) is 21.3. The third kappa shape index (κ3) is 59.2. The summed E-state index contributed by atoms with van der Waals surface area (Å²) in [6.07, 6.45) is 82.7. The molecule has 74 heavy (non-hydrogen) atoms. The van der Waals surface area contributed by atoms with Gasteiger partial charge >= 0.3 is 17.9 Å². The summed E-state index contributed by atoms with van der Waals surface area (Å²) in [6.45, 7) is 6.50. The number of hydrogen-bond acceptors (Lipinski definition) is 6. The maximum absolute atomic E-state index is 12.9. The van der Waals surface area contributed by atoms with E-state index in [4.69, 9.17) is 14.2 Å². The summed E-state index contributed by atoms with van der Waals surface area (Å²) in [5.41, 5.74) is 0. The summed E-state index contributed by atoms with van der Waals surface area (Å²) < 4.78 is 16.9. The molecule has 0 radical (unpaired) electrons. The van der Waals surface area contributed by atoms with Crippen LogP contribution in [-0.4, -0.2) is 37.2 Å². The second-order valence-electron chi connectivity index (χ2n) is 20.6. The molecule has 0 aromatic rings. The molecule has 6 nitrogen and oxygen atoms in total. The third-order valence-electron chi connectivity index (χ3n) is 13.3. The molecule has 0 rings (SSSR count). The Balaban J connectivity index is 4.22. The van der Waals surface area contributed by atoms with Crippen molar-refractivity contribution in [2.75, 3.05) is 13.2 Å².